The smallest absolute Gasteiger partial charge is 0.321 e. The van der Waals surface area contributed by atoms with Gasteiger partial charge in [-0.3, -0.25) is 34.2 Å². The summed E-state index contributed by atoms with van der Waals surface area (Å²) < 4.78 is 5.20. The number of aromatic nitrogens is 6. The highest BCUT2D eigenvalue weighted by Crippen LogP contribution is 2.11. The lowest BCUT2D eigenvalue weighted by molar-refractivity contribution is -0.142. The van der Waals surface area contributed by atoms with Gasteiger partial charge in [-0.25, -0.2) is 0 Å². The molecule has 3 heterocycles. The van der Waals surface area contributed by atoms with Crippen molar-refractivity contribution in [2.24, 2.45) is 26.9 Å². The number of hydrogen-bond donors (Lipinski definition) is 5. The van der Waals surface area contributed by atoms with E-state index in [1.165, 1.54) is 0 Å². The highest BCUT2D eigenvalue weighted by molar-refractivity contribution is 7.59. The lowest BCUT2D eigenvalue weighted by Crippen LogP contribution is -2.38. The molecule has 0 saturated carbocycles. The summed E-state index contributed by atoms with van der Waals surface area (Å²) in [5.41, 5.74) is 7.59. The molecule has 3 rings (SSSR count). The second-order valence-corrected chi connectivity index (χ2v) is 10.5. The molecule has 42 heavy (non-hydrogen) atoms. The third-order valence-electron chi connectivity index (χ3n) is 6.13. The van der Waals surface area contributed by atoms with Crippen molar-refractivity contribution in [1.82, 2.24) is 38.9 Å². The molecule has 3 aromatic heterocycles. The molecule has 3 atom stereocenters. The van der Waals surface area contributed by atoms with Crippen molar-refractivity contribution in [3.63, 3.8) is 0 Å². The van der Waals surface area contributed by atoms with E-state index >= 15 is 0 Å². The Hall–Kier alpha value is -3.42. The minimum Gasteiger partial charge on any atom is -0.758 e. The van der Waals surface area contributed by atoms with Gasteiger partial charge in [0, 0.05) is 57.5 Å². The van der Waals surface area contributed by atoms with Crippen molar-refractivity contribution in [2.75, 3.05) is 21.1 Å². The number of likely N-dealkylation sites (N-methyl/N-ethyl adjacent to an activating group) is 2. The average Bonchev–Trinajstić information content (AvgIpc) is 3.52. The van der Waals surface area contributed by atoms with Gasteiger partial charge in [0.05, 0.1) is 19.0 Å². The van der Waals surface area contributed by atoms with Gasteiger partial charge in [0.25, 0.3) is 0 Å². The second-order valence-electron chi connectivity index (χ2n) is 9.38. The predicted molar refractivity (Wildman–Crippen MR) is 159 cm³/mol. The van der Waals surface area contributed by atoms with Gasteiger partial charge in [0.1, 0.15) is 18.1 Å². The van der Waals surface area contributed by atoms with Crippen LogP contribution in [0.1, 0.15) is 17.1 Å². The molecule has 3 unspecified atom stereocenters. The van der Waals surface area contributed by atoms with Crippen LogP contribution < -0.4 is 11.1 Å². The van der Waals surface area contributed by atoms with Gasteiger partial charge in [-0.15, -0.1) is 0 Å². The Morgan fingerprint density at radius 3 is 1.43 bits per heavy atom. The standard InChI is InChI=1S/C9H15N3O2S.C8H13N3O2S.C7H11N3O2S/c1-11(2)7(9(13)14)4-6-8(15)10-5-12(6)3;1-9-5(8(12)13)3-6-7(14)10-4-11(6)2;1-10-3-9-6(13)5(10)2-4(8)7(11)12/h5,7,15H,4H2,1-3H3,(H,13,14);4-5,9,14H,3H2,1-2H3,(H,12,13);3-4,13H,2,8H2,1H3,(H,11,12)/p-3. The van der Waals surface area contributed by atoms with Gasteiger partial charge in [-0.2, -0.15) is 0 Å². The number of nitrogens with two attached hydrogens (primary N) is 1. The zero-order valence-corrected chi connectivity index (χ0v) is 26.5. The van der Waals surface area contributed by atoms with E-state index in [0.717, 1.165) is 11.4 Å². The summed E-state index contributed by atoms with van der Waals surface area (Å²) in [5, 5.41) is 30.5. The molecule has 0 saturated heterocycles. The summed E-state index contributed by atoms with van der Waals surface area (Å²) in [6.45, 7) is 0. The SMILES string of the molecule is CN(C)C(Cc1c([S-])ncn1C)C(=O)O.CNC(Cc1c([S-])ncn1C)C(=O)O.Cn1cnc([S-])c1CC(N)C(=O)O. The summed E-state index contributed by atoms with van der Waals surface area (Å²) in [4.78, 5) is 45.6. The van der Waals surface area contributed by atoms with E-state index in [2.05, 4.69) is 20.3 Å². The third kappa shape index (κ3) is 10.8. The monoisotopic (exact) mass is 642 g/mol. The van der Waals surface area contributed by atoms with E-state index < -0.39 is 36.0 Å². The van der Waals surface area contributed by atoms with E-state index in [1.54, 1.807) is 72.8 Å². The number of nitrogens with one attached hydrogen (secondary N) is 1. The van der Waals surface area contributed by atoms with Crippen molar-refractivity contribution in [2.45, 2.75) is 52.5 Å². The van der Waals surface area contributed by atoms with Crippen LogP contribution in [0.3, 0.4) is 0 Å². The van der Waals surface area contributed by atoms with Crippen molar-refractivity contribution in [3.05, 3.63) is 36.1 Å². The third-order valence-corrected chi connectivity index (χ3v) is 7.16. The number of aryl methyl sites for hydroxylation is 3. The maximum atomic E-state index is 11.0. The minimum atomic E-state index is -1.03. The molecule has 0 bridgehead atoms. The predicted octanol–water partition coefficient (Wildman–Crippen LogP) is -1.30. The molecular formula is C24H36N9O6S3-3. The summed E-state index contributed by atoms with van der Waals surface area (Å²) in [5.74, 6) is -2.77. The summed E-state index contributed by atoms with van der Waals surface area (Å²) in [6.07, 6.45) is 5.67. The zero-order valence-electron chi connectivity index (χ0n) is 24.1. The molecule has 3 aromatic rings. The maximum absolute atomic E-state index is 11.0. The molecule has 0 spiro atoms. The Morgan fingerprint density at radius 1 is 0.786 bits per heavy atom. The maximum Gasteiger partial charge on any atom is 0.321 e. The normalized spacial score (nSPS) is 12.9. The fourth-order valence-electron chi connectivity index (χ4n) is 3.47. The van der Waals surface area contributed by atoms with Crippen LogP contribution in [0.25, 0.3) is 0 Å². The number of imidazole rings is 3. The average molecular weight is 643 g/mol. The molecule has 15 nitrogen and oxygen atoms in total. The molecule has 0 aliphatic rings. The summed E-state index contributed by atoms with van der Waals surface area (Å²) >= 11 is 14.9. The Bertz CT molecular complexity index is 1280. The molecule has 18 heteroatoms. The number of carbonyl (C=O) groups is 3. The van der Waals surface area contributed by atoms with Crippen LogP contribution in [0.4, 0.5) is 0 Å². The van der Waals surface area contributed by atoms with Crippen LogP contribution in [0.15, 0.2) is 34.1 Å². The fraction of sp³-hybridized carbons (Fsp3) is 0.500. The van der Waals surface area contributed by atoms with Gasteiger partial charge in [-0.1, -0.05) is 15.1 Å². The van der Waals surface area contributed by atoms with E-state index in [-0.39, 0.29) is 6.42 Å². The van der Waals surface area contributed by atoms with Crippen molar-refractivity contribution in [3.8, 4) is 0 Å². The molecular weight excluding hydrogens is 607 g/mol. The number of aliphatic carboxylic acids is 3. The van der Waals surface area contributed by atoms with Crippen molar-refractivity contribution < 1.29 is 29.7 Å². The zero-order chi connectivity index (χ0) is 32.3. The first-order valence-corrected chi connectivity index (χ1v) is 13.5. The quantitative estimate of drug-likeness (QED) is 0.154. The molecule has 0 fully saturated rings. The molecule has 0 aromatic carbocycles. The molecule has 6 N–H and O–H groups in total. The molecule has 0 aliphatic heterocycles. The van der Waals surface area contributed by atoms with Gasteiger partial charge in [-0.05, 0) is 21.1 Å². The van der Waals surface area contributed by atoms with E-state index in [9.17, 15) is 14.4 Å². The number of hydrogen-bond acceptors (Lipinski definition) is 12. The van der Waals surface area contributed by atoms with Crippen LogP contribution in [0.5, 0.6) is 0 Å². The minimum absolute atomic E-state index is 0.213. The molecule has 234 valence electrons. The lowest BCUT2D eigenvalue weighted by atomic mass is 10.1. The second kappa shape index (κ2) is 16.9. The summed E-state index contributed by atoms with van der Waals surface area (Å²) in [7, 11) is 10.4. The highest BCUT2D eigenvalue weighted by atomic mass is 32.1. The van der Waals surface area contributed by atoms with Crippen molar-refractivity contribution >= 4 is 55.8 Å². The lowest BCUT2D eigenvalue weighted by Gasteiger charge is -2.21. The van der Waals surface area contributed by atoms with Gasteiger partial charge in [0.15, 0.2) is 0 Å². The van der Waals surface area contributed by atoms with E-state index in [4.69, 9.17) is 58.9 Å². The van der Waals surface area contributed by atoms with Gasteiger partial charge in [0.2, 0.25) is 0 Å². The number of rotatable bonds is 11. The molecule has 0 aliphatic carbocycles. The largest absolute Gasteiger partial charge is 0.758 e. The number of nitrogens with zero attached hydrogens (tertiary/aromatic N) is 7. The Kier molecular flexibility index (Phi) is 14.7. The Balaban J connectivity index is 0.000000316. The first-order chi connectivity index (χ1) is 19.5. The fourth-order valence-corrected chi connectivity index (χ4v) is 4.30. The number of carboxylic acid groups (broad SMARTS) is 3. The topological polar surface area (TPSA) is 207 Å². The van der Waals surface area contributed by atoms with Gasteiger partial charge < -0.3 is 78.0 Å². The van der Waals surface area contributed by atoms with Crippen LogP contribution in [-0.4, -0.2) is 106 Å². The molecule has 0 amide bonds. The van der Waals surface area contributed by atoms with Crippen LogP contribution in [0, 0.1) is 0 Å². The highest BCUT2D eigenvalue weighted by Gasteiger charge is 2.21. The Morgan fingerprint density at radius 2 is 1.17 bits per heavy atom. The van der Waals surface area contributed by atoms with Crippen LogP contribution >= 0.6 is 0 Å². The number of carboxylic acids is 3. The van der Waals surface area contributed by atoms with E-state index in [0.29, 0.717) is 33.6 Å². The first kappa shape index (κ1) is 36.6. The van der Waals surface area contributed by atoms with Gasteiger partial charge >= 0.3 is 17.9 Å². The van der Waals surface area contributed by atoms with Crippen LogP contribution in [0.2, 0.25) is 0 Å². The van der Waals surface area contributed by atoms with Crippen molar-refractivity contribution in [1.29, 1.82) is 0 Å². The van der Waals surface area contributed by atoms with Crippen LogP contribution in [-0.2, 0) is 92.7 Å². The molecule has 0 radical (unpaired) electrons. The van der Waals surface area contributed by atoms with E-state index in [1.807, 2.05) is 7.05 Å². The Labute approximate surface area is 260 Å². The first-order valence-electron chi connectivity index (χ1n) is 12.3. The summed E-state index contributed by atoms with van der Waals surface area (Å²) in [6, 6.07) is -2.11.